The van der Waals surface area contributed by atoms with Gasteiger partial charge >= 0.3 is 5.97 Å². The lowest BCUT2D eigenvalue weighted by atomic mass is 10.0. The summed E-state index contributed by atoms with van der Waals surface area (Å²) < 4.78 is 4.48. The lowest BCUT2D eigenvalue weighted by molar-refractivity contribution is 0.0597. The molecular formula is C11H12O4. The number of Topliss-reactive ketones (excluding diaryl/α,β-unsaturated/α-hetero) is 1. The number of carbonyl (C=O) groups excluding carboxylic acids is 2. The first-order valence-electron chi connectivity index (χ1n) is 4.55. The standard InChI is InChI=1S/C11H12O4/c1-3-9(12)7-5-4-6-8(10(7)13)11(14)15-2/h4-6,13H,3H2,1-2H3. The third-order valence-corrected chi connectivity index (χ3v) is 2.06. The number of phenolic OH excluding ortho intramolecular Hbond substituents is 1. The van der Waals surface area contributed by atoms with E-state index in [0.29, 0.717) is 0 Å². The van der Waals surface area contributed by atoms with E-state index in [4.69, 9.17) is 0 Å². The van der Waals surface area contributed by atoms with Gasteiger partial charge in [0.15, 0.2) is 5.78 Å². The topological polar surface area (TPSA) is 63.6 Å². The minimum Gasteiger partial charge on any atom is -0.506 e. The molecule has 1 rings (SSSR count). The van der Waals surface area contributed by atoms with Crippen molar-refractivity contribution in [2.24, 2.45) is 0 Å². The fourth-order valence-electron chi connectivity index (χ4n) is 1.23. The molecule has 4 nitrogen and oxygen atoms in total. The lowest BCUT2D eigenvalue weighted by Crippen LogP contribution is -2.05. The molecule has 80 valence electrons. The second kappa shape index (κ2) is 4.59. The Morgan fingerprint density at radius 3 is 2.47 bits per heavy atom. The molecule has 0 amide bonds. The molecule has 0 heterocycles. The van der Waals surface area contributed by atoms with Crippen molar-refractivity contribution < 1.29 is 19.4 Å². The highest BCUT2D eigenvalue weighted by atomic mass is 16.5. The average molecular weight is 208 g/mol. The summed E-state index contributed by atoms with van der Waals surface area (Å²) in [5.41, 5.74) is 0.164. The lowest BCUT2D eigenvalue weighted by Gasteiger charge is -2.06. The monoisotopic (exact) mass is 208 g/mol. The number of rotatable bonds is 3. The summed E-state index contributed by atoms with van der Waals surface area (Å²) in [4.78, 5) is 22.6. The van der Waals surface area contributed by atoms with Crippen LogP contribution < -0.4 is 0 Å². The van der Waals surface area contributed by atoms with Crippen LogP contribution in [0.15, 0.2) is 18.2 Å². The van der Waals surface area contributed by atoms with E-state index in [1.165, 1.54) is 25.3 Å². The number of esters is 1. The first-order chi connectivity index (χ1) is 7.11. The van der Waals surface area contributed by atoms with Gasteiger partial charge in [0.25, 0.3) is 0 Å². The fraction of sp³-hybridized carbons (Fsp3) is 0.273. The van der Waals surface area contributed by atoms with Crippen LogP contribution in [0.4, 0.5) is 0 Å². The molecule has 15 heavy (non-hydrogen) atoms. The van der Waals surface area contributed by atoms with Gasteiger partial charge in [0.05, 0.1) is 12.7 Å². The molecule has 0 atom stereocenters. The second-order valence-corrected chi connectivity index (χ2v) is 2.97. The summed E-state index contributed by atoms with van der Waals surface area (Å²) >= 11 is 0. The molecule has 1 aromatic rings. The van der Waals surface area contributed by atoms with E-state index in [9.17, 15) is 14.7 Å². The Bertz CT molecular complexity index is 361. The molecule has 0 fully saturated rings. The summed E-state index contributed by atoms with van der Waals surface area (Å²) in [6.07, 6.45) is 0.276. The molecule has 0 bridgehead atoms. The Hall–Kier alpha value is -1.84. The van der Waals surface area contributed by atoms with Crippen LogP contribution >= 0.6 is 0 Å². The van der Waals surface area contributed by atoms with Gasteiger partial charge in [-0.3, -0.25) is 4.79 Å². The fourth-order valence-corrected chi connectivity index (χ4v) is 1.23. The van der Waals surface area contributed by atoms with Gasteiger partial charge in [-0.15, -0.1) is 0 Å². The van der Waals surface area contributed by atoms with E-state index in [1.807, 2.05) is 0 Å². The van der Waals surface area contributed by atoms with Gasteiger partial charge in [-0.05, 0) is 12.1 Å². The Kier molecular flexibility index (Phi) is 3.44. The third-order valence-electron chi connectivity index (χ3n) is 2.06. The Morgan fingerprint density at radius 2 is 1.93 bits per heavy atom. The predicted octanol–water partition coefficient (Wildman–Crippen LogP) is 1.77. The summed E-state index contributed by atoms with van der Waals surface area (Å²) in [5, 5.41) is 9.67. The minimum absolute atomic E-state index is 0.0109. The molecule has 0 aliphatic carbocycles. The molecule has 0 aromatic heterocycles. The predicted molar refractivity (Wildman–Crippen MR) is 54.1 cm³/mol. The van der Waals surface area contributed by atoms with Crippen molar-refractivity contribution in [3.63, 3.8) is 0 Å². The van der Waals surface area contributed by atoms with Gasteiger partial charge in [-0.1, -0.05) is 13.0 Å². The van der Waals surface area contributed by atoms with Crippen LogP contribution in [0.2, 0.25) is 0 Å². The van der Waals surface area contributed by atoms with Crippen molar-refractivity contribution in [1.29, 1.82) is 0 Å². The second-order valence-electron chi connectivity index (χ2n) is 2.97. The SMILES string of the molecule is CCC(=O)c1cccc(C(=O)OC)c1O. The minimum atomic E-state index is -0.654. The number of hydrogen-bond donors (Lipinski definition) is 1. The van der Waals surface area contributed by atoms with Gasteiger partial charge < -0.3 is 9.84 Å². The Balaban J connectivity index is 3.23. The molecule has 0 radical (unpaired) electrons. The average Bonchev–Trinajstić information content (AvgIpc) is 2.27. The van der Waals surface area contributed by atoms with Crippen LogP contribution in [-0.4, -0.2) is 24.0 Å². The zero-order chi connectivity index (χ0) is 11.4. The van der Waals surface area contributed by atoms with Crippen LogP contribution in [0.5, 0.6) is 5.75 Å². The highest BCUT2D eigenvalue weighted by Crippen LogP contribution is 2.24. The van der Waals surface area contributed by atoms with E-state index < -0.39 is 5.97 Å². The van der Waals surface area contributed by atoms with E-state index in [-0.39, 0.29) is 29.1 Å². The number of phenols is 1. The summed E-state index contributed by atoms with van der Waals surface area (Å²) in [6.45, 7) is 1.69. The number of ether oxygens (including phenoxy) is 1. The number of ketones is 1. The molecule has 0 unspecified atom stereocenters. The summed E-state index contributed by atoms with van der Waals surface area (Å²) in [7, 11) is 1.22. The van der Waals surface area contributed by atoms with Gasteiger partial charge in [0, 0.05) is 6.42 Å². The van der Waals surface area contributed by atoms with Crippen LogP contribution in [0.1, 0.15) is 34.1 Å². The quantitative estimate of drug-likeness (QED) is 0.607. The molecular weight excluding hydrogens is 196 g/mol. The maximum Gasteiger partial charge on any atom is 0.341 e. The van der Waals surface area contributed by atoms with Crippen molar-refractivity contribution >= 4 is 11.8 Å². The third kappa shape index (κ3) is 2.15. The number of carbonyl (C=O) groups is 2. The van der Waals surface area contributed by atoms with Crippen molar-refractivity contribution in [2.45, 2.75) is 13.3 Å². The molecule has 1 N–H and O–H groups in total. The molecule has 0 saturated carbocycles. The largest absolute Gasteiger partial charge is 0.506 e. The summed E-state index contributed by atoms with van der Waals surface area (Å²) in [5.74, 6) is -1.17. The normalized spacial score (nSPS) is 9.73. The van der Waals surface area contributed by atoms with Crippen LogP contribution in [0.25, 0.3) is 0 Å². The maximum atomic E-state index is 11.4. The molecule has 0 aliphatic heterocycles. The molecule has 0 aliphatic rings. The van der Waals surface area contributed by atoms with Gasteiger partial charge in [0.2, 0.25) is 0 Å². The van der Waals surface area contributed by atoms with E-state index in [2.05, 4.69) is 4.74 Å². The Morgan fingerprint density at radius 1 is 1.33 bits per heavy atom. The van der Waals surface area contributed by atoms with Crippen LogP contribution in [0.3, 0.4) is 0 Å². The van der Waals surface area contributed by atoms with Gasteiger partial charge in [-0.25, -0.2) is 4.79 Å². The molecule has 0 saturated heterocycles. The number of benzene rings is 1. The van der Waals surface area contributed by atoms with Crippen molar-refractivity contribution in [1.82, 2.24) is 0 Å². The zero-order valence-corrected chi connectivity index (χ0v) is 8.61. The number of methoxy groups -OCH3 is 1. The highest BCUT2D eigenvalue weighted by Gasteiger charge is 2.17. The smallest absolute Gasteiger partial charge is 0.341 e. The zero-order valence-electron chi connectivity index (χ0n) is 8.61. The molecule has 0 spiro atoms. The summed E-state index contributed by atoms with van der Waals surface area (Å²) in [6, 6.07) is 4.43. The number of hydrogen-bond acceptors (Lipinski definition) is 4. The van der Waals surface area contributed by atoms with Gasteiger partial charge in [0.1, 0.15) is 11.3 Å². The molecule has 4 heteroatoms. The van der Waals surface area contributed by atoms with Gasteiger partial charge in [-0.2, -0.15) is 0 Å². The van der Waals surface area contributed by atoms with Crippen molar-refractivity contribution in [2.75, 3.05) is 7.11 Å². The number of para-hydroxylation sites is 1. The first-order valence-corrected chi connectivity index (χ1v) is 4.55. The van der Waals surface area contributed by atoms with E-state index >= 15 is 0 Å². The Labute approximate surface area is 87.5 Å². The number of aromatic hydroxyl groups is 1. The van der Waals surface area contributed by atoms with E-state index in [1.54, 1.807) is 6.92 Å². The van der Waals surface area contributed by atoms with Crippen LogP contribution in [0, 0.1) is 0 Å². The van der Waals surface area contributed by atoms with Crippen molar-refractivity contribution in [3.8, 4) is 5.75 Å². The highest BCUT2D eigenvalue weighted by molar-refractivity contribution is 6.03. The van der Waals surface area contributed by atoms with E-state index in [0.717, 1.165) is 0 Å². The van der Waals surface area contributed by atoms with Crippen LogP contribution in [-0.2, 0) is 4.74 Å². The maximum absolute atomic E-state index is 11.4. The van der Waals surface area contributed by atoms with Crippen molar-refractivity contribution in [3.05, 3.63) is 29.3 Å². The molecule has 1 aromatic carbocycles. The first kappa shape index (κ1) is 11.2.